The van der Waals surface area contributed by atoms with Gasteiger partial charge in [0.25, 0.3) is 0 Å². The van der Waals surface area contributed by atoms with Crippen molar-refractivity contribution in [1.29, 1.82) is 10.8 Å². The number of benzene rings is 2. The van der Waals surface area contributed by atoms with Crippen LogP contribution in [0, 0.1) is 22.6 Å². The molecule has 0 fully saturated rings. The van der Waals surface area contributed by atoms with E-state index in [0.29, 0.717) is 19.5 Å². The van der Waals surface area contributed by atoms with Crippen molar-refractivity contribution >= 4 is 28.1 Å². The molecule has 7 heteroatoms. The Hall–Kier alpha value is -3.22. The van der Waals surface area contributed by atoms with E-state index in [9.17, 15) is 4.39 Å². The number of rotatable bonds is 2. The highest BCUT2D eigenvalue weighted by Crippen LogP contribution is 2.29. The van der Waals surface area contributed by atoms with Gasteiger partial charge < -0.3 is 10.6 Å². The molecule has 3 aromatic rings. The second-order valence-electron chi connectivity index (χ2n) is 7.48. The molecule has 0 saturated heterocycles. The third kappa shape index (κ3) is 2.93. The Morgan fingerprint density at radius 2 is 1.89 bits per heavy atom. The van der Waals surface area contributed by atoms with Gasteiger partial charge in [0.05, 0.1) is 5.69 Å². The van der Waals surface area contributed by atoms with Crippen molar-refractivity contribution < 1.29 is 4.39 Å². The van der Waals surface area contributed by atoms with Crippen LogP contribution in [0.4, 0.5) is 15.9 Å². The van der Waals surface area contributed by atoms with Gasteiger partial charge in [0.1, 0.15) is 11.7 Å². The monoisotopic (exact) mass is 378 g/mol. The van der Waals surface area contributed by atoms with E-state index in [0.717, 1.165) is 27.7 Å². The van der Waals surface area contributed by atoms with Crippen molar-refractivity contribution in [2.24, 2.45) is 5.92 Å². The summed E-state index contributed by atoms with van der Waals surface area (Å²) in [6, 6.07) is 10.9. The number of anilines is 2. The first-order chi connectivity index (χ1) is 13.4. The molecule has 0 amide bonds. The molecular formula is C21H23FN6. The summed E-state index contributed by atoms with van der Waals surface area (Å²) in [6.07, 6.45) is 0.687. The van der Waals surface area contributed by atoms with Crippen molar-refractivity contribution in [2.75, 3.05) is 17.2 Å². The Balaban J connectivity index is 1.86. The van der Waals surface area contributed by atoms with Crippen LogP contribution in [0.5, 0.6) is 0 Å². The standard InChI is InChI=1S/C21H23FN6/c1-12(2)19(24)28-20(25)15-5-3-4-6-16(15)21(26-28)27-8-7-13-9-17(22)18(23)10-14(13)11-27/h3-6,9-10,12,24-25H,7-8,11,23H2,1-2H3. The minimum atomic E-state index is -0.377. The zero-order chi connectivity index (χ0) is 20.0. The third-order valence-corrected chi connectivity index (χ3v) is 5.24. The zero-order valence-corrected chi connectivity index (χ0v) is 16.0. The molecule has 0 spiro atoms. The molecule has 0 radical (unpaired) electrons. The normalized spacial score (nSPS) is 13.8. The number of nitrogens with one attached hydrogen (secondary N) is 2. The maximum Gasteiger partial charge on any atom is 0.157 e. The molecule has 0 saturated carbocycles. The number of nitrogens with two attached hydrogens (primary N) is 1. The van der Waals surface area contributed by atoms with Gasteiger partial charge in [0, 0.05) is 29.8 Å². The molecule has 0 unspecified atom stereocenters. The topological polar surface area (TPSA) is 94.8 Å². The third-order valence-electron chi connectivity index (χ3n) is 5.24. The van der Waals surface area contributed by atoms with E-state index >= 15 is 0 Å². The molecule has 6 nitrogen and oxygen atoms in total. The SMILES string of the molecule is CC(C)C(=N)n1nc(N2CCc3cc(F)c(N)cc3C2)c2ccccc2c1=N. The van der Waals surface area contributed by atoms with Crippen molar-refractivity contribution in [3.8, 4) is 0 Å². The predicted octanol–water partition coefficient (Wildman–Crippen LogP) is 3.28. The molecule has 4 N–H and O–H groups in total. The minimum Gasteiger partial charge on any atom is -0.396 e. The molecule has 144 valence electrons. The molecule has 2 aromatic carbocycles. The van der Waals surface area contributed by atoms with Gasteiger partial charge in [-0.25, -0.2) is 4.39 Å². The fraction of sp³-hybridized carbons (Fsp3) is 0.286. The summed E-state index contributed by atoms with van der Waals surface area (Å²) in [5, 5.41) is 23.2. The summed E-state index contributed by atoms with van der Waals surface area (Å²) >= 11 is 0. The highest BCUT2D eigenvalue weighted by atomic mass is 19.1. The predicted molar refractivity (Wildman–Crippen MR) is 109 cm³/mol. The van der Waals surface area contributed by atoms with Crippen LogP contribution in [0.1, 0.15) is 25.0 Å². The summed E-state index contributed by atoms with van der Waals surface area (Å²) in [5.41, 5.74) is 8.08. The summed E-state index contributed by atoms with van der Waals surface area (Å²) in [7, 11) is 0. The van der Waals surface area contributed by atoms with E-state index in [-0.39, 0.29) is 28.7 Å². The molecular weight excluding hydrogens is 355 g/mol. The highest BCUT2D eigenvalue weighted by molar-refractivity contribution is 5.93. The van der Waals surface area contributed by atoms with Crippen molar-refractivity contribution in [2.45, 2.75) is 26.8 Å². The summed E-state index contributed by atoms with van der Waals surface area (Å²) in [5.74, 6) is 0.573. The highest BCUT2D eigenvalue weighted by Gasteiger charge is 2.23. The molecule has 28 heavy (non-hydrogen) atoms. The maximum absolute atomic E-state index is 13.8. The summed E-state index contributed by atoms with van der Waals surface area (Å²) in [6.45, 7) is 5.07. The minimum absolute atomic E-state index is 0.0551. The average Bonchev–Trinajstić information content (AvgIpc) is 2.68. The average molecular weight is 378 g/mol. The van der Waals surface area contributed by atoms with Gasteiger partial charge >= 0.3 is 0 Å². The number of hydrogen-bond donors (Lipinski definition) is 3. The van der Waals surface area contributed by atoms with Gasteiger partial charge in [-0.1, -0.05) is 38.1 Å². The first kappa shape index (κ1) is 18.2. The Labute approximate surface area is 162 Å². The quantitative estimate of drug-likeness (QED) is 0.363. The van der Waals surface area contributed by atoms with Gasteiger partial charge in [-0.2, -0.15) is 4.68 Å². The smallest absolute Gasteiger partial charge is 0.157 e. The van der Waals surface area contributed by atoms with Gasteiger partial charge in [-0.3, -0.25) is 10.8 Å². The van der Waals surface area contributed by atoms with Crippen LogP contribution in [0.2, 0.25) is 0 Å². The number of nitrogens with zero attached hydrogens (tertiary/aromatic N) is 3. The Kier molecular flexibility index (Phi) is 4.37. The number of hydrogen-bond acceptors (Lipinski definition) is 5. The van der Waals surface area contributed by atoms with Crippen LogP contribution in [-0.4, -0.2) is 22.2 Å². The lowest BCUT2D eigenvalue weighted by Crippen LogP contribution is -2.37. The lowest BCUT2D eigenvalue weighted by atomic mass is 9.98. The van der Waals surface area contributed by atoms with Crippen LogP contribution in [-0.2, 0) is 13.0 Å². The van der Waals surface area contributed by atoms with Crippen molar-refractivity contribution in [3.63, 3.8) is 0 Å². The first-order valence-corrected chi connectivity index (χ1v) is 9.34. The largest absolute Gasteiger partial charge is 0.396 e. The van der Waals surface area contributed by atoms with Crippen LogP contribution in [0.15, 0.2) is 36.4 Å². The van der Waals surface area contributed by atoms with Gasteiger partial charge in [0.15, 0.2) is 11.3 Å². The molecule has 1 aliphatic heterocycles. The van der Waals surface area contributed by atoms with E-state index in [4.69, 9.17) is 16.6 Å². The molecule has 0 bridgehead atoms. The second kappa shape index (κ2) is 6.74. The number of aromatic nitrogens is 2. The van der Waals surface area contributed by atoms with Crippen molar-refractivity contribution in [1.82, 2.24) is 9.78 Å². The molecule has 4 rings (SSSR count). The molecule has 2 heterocycles. The first-order valence-electron chi connectivity index (χ1n) is 9.34. The second-order valence-corrected chi connectivity index (χ2v) is 7.48. The van der Waals surface area contributed by atoms with Gasteiger partial charge in [0.2, 0.25) is 0 Å². The summed E-state index contributed by atoms with van der Waals surface area (Å²) < 4.78 is 15.2. The van der Waals surface area contributed by atoms with Gasteiger partial charge in [-0.05, 0) is 29.7 Å². The fourth-order valence-corrected chi connectivity index (χ4v) is 3.63. The fourth-order valence-electron chi connectivity index (χ4n) is 3.63. The lowest BCUT2D eigenvalue weighted by molar-refractivity contribution is 0.622. The Morgan fingerprint density at radius 3 is 2.61 bits per heavy atom. The van der Waals surface area contributed by atoms with E-state index in [1.807, 2.05) is 38.1 Å². The molecule has 0 atom stereocenters. The molecule has 1 aliphatic rings. The van der Waals surface area contributed by atoms with E-state index in [2.05, 4.69) is 10.00 Å². The zero-order valence-electron chi connectivity index (χ0n) is 16.0. The van der Waals surface area contributed by atoms with Crippen molar-refractivity contribution in [3.05, 3.63) is 58.8 Å². The van der Waals surface area contributed by atoms with E-state index in [1.165, 1.54) is 10.7 Å². The number of halogens is 1. The molecule has 1 aromatic heterocycles. The van der Waals surface area contributed by atoms with E-state index < -0.39 is 0 Å². The number of fused-ring (bicyclic) bond motifs is 2. The summed E-state index contributed by atoms with van der Waals surface area (Å²) in [4.78, 5) is 2.12. The van der Waals surface area contributed by atoms with Crippen LogP contribution >= 0.6 is 0 Å². The number of nitrogen functional groups attached to an aromatic ring is 1. The Morgan fingerprint density at radius 1 is 1.18 bits per heavy atom. The van der Waals surface area contributed by atoms with Gasteiger partial charge in [-0.15, -0.1) is 5.10 Å². The van der Waals surface area contributed by atoms with Crippen LogP contribution in [0.3, 0.4) is 0 Å². The maximum atomic E-state index is 13.8. The lowest BCUT2D eigenvalue weighted by Gasteiger charge is -2.31. The van der Waals surface area contributed by atoms with Crippen LogP contribution in [0.25, 0.3) is 10.8 Å². The Bertz CT molecular complexity index is 1150. The van der Waals surface area contributed by atoms with Crippen LogP contribution < -0.4 is 16.1 Å². The van der Waals surface area contributed by atoms with E-state index in [1.54, 1.807) is 6.07 Å². The molecule has 0 aliphatic carbocycles.